The van der Waals surface area contributed by atoms with Crippen molar-refractivity contribution in [2.45, 2.75) is 38.7 Å². The first-order valence-corrected chi connectivity index (χ1v) is 11.0. The van der Waals surface area contributed by atoms with E-state index in [4.69, 9.17) is 9.84 Å². The van der Waals surface area contributed by atoms with E-state index in [1.54, 1.807) is 12.1 Å². The number of ether oxygens (including phenoxy) is 1. The lowest BCUT2D eigenvalue weighted by Crippen LogP contribution is -2.45. The number of fused-ring (bicyclic) bond motifs is 1. The topological polar surface area (TPSA) is 157 Å². The summed E-state index contributed by atoms with van der Waals surface area (Å²) in [6.07, 6.45) is -4.81. The molecule has 3 atom stereocenters. The van der Waals surface area contributed by atoms with E-state index in [0.29, 0.717) is 37.3 Å². The Bertz CT molecular complexity index is 1040. The molecular formula is C22H32N4O7. The zero-order chi connectivity index (χ0) is 24.1. The van der Waals surface area contributed by atoms with Crippen LogP contribution in [0.15, 0.2) is 16.9 Å². The highest BCUT2D eigenvalue weighted by Crippen LogP contribution is 2.18. The number of nitrogens with one attached hydrogen (secondary N) is 1. The molecule has 0 bridgehead atoms. The van der Waals surface area contributed by atoms with Gasteiger partial charge in [-0.25, -0.2) is 4.98 Å². The van der Waals surface area contributed by atoms with Gasteiger partial charge in [0.2, 0.25) is 0 Å². The number of aliphatic hydroxyl groups excluding tert-OH is 4. The van der Waals surface area contributed by atoms with Gasteiger partial charge in [-0.15, -0.1) is 0 Å². The quantitative estimate of drug-likeness (QED) is 0.287. The van der Waals surface area contributed by atoms with Gasteiger partial charge in [0.05, 0.1) is 37.4 Å². The first-order valence-electron chi connectivity index (χ1n) is 11.0. The molecule has 1 aliphatic heterocycles. The number of morpholine rings is 1. The van der Waals surface area contributed by atoms with E-state index in [1.807, 2.05) is 13.8 Å². The molecule has 1 aromatic carbocycles. The van der Waals surface area contributed by atoms with Gasteiger partial charge in [0.1, 0.15) is 18.3 Å². The lowest BCUT2D eigenvalue weighted by atomic mass is 10.1. The van der Waals surface area contributed by atoms with Crippen molar-refractivity contribution in [1.82, 2.24) is 19.8 Å². The minimum atomic E-state index is -1.68. The molecule has 1 fully saturated rings. The molecule has 0 unspecified atom stereocenters. The van der Waals surface area contributed by atoms with Crippen LogP contribution in [0.3, 0.4) is 0 Å². The average molecular weight is 465 g/mol. The number of aromatic nitrogens is 2. The van der Waals surface area contributed by atoms with Crippen LogP contribution in [0, 0.1) is 13.8 Å². The van der Waals surface area contributed by atoms with Crippen molar-refractivity contribution >= 4 is 16.9 Å². The molecule has 11 heteroatoms. The maximum atomic E-state index is 13.2. The molecule has 1 aromatic heterocycles. The standard InChI is InChI=1S/C22H32N4O7/c1-13-9-15-16(10-14(13)2)26(11-17(28)20(30)18(29)12-27)22(32)19(24-15)21(31)23-3-4-25-5-7-33-8-6-25/h9-10,17-18,20,27-30H,3-8,11-12H2,1-2H3,(H,23,31)/t17-,18+,20-/m0/s1. The number of benzene rings is 1. The number of rotatable bonds is 9. The molecular weight excluding hydrogens is 432 g/mol. The van der Waals surface area contributed by atoms with Crippen LogP contribution in [-0.2, 0) is 11.3 Å². The number of hydrogen-bond donors (Lipinski definition) is 5. The molecule has 3 rings (SSSR count). The minimum absolute atomic E-state index is 0.322. The summed E-state index contributed by atoms with van der Waals surface area (Å²) in [4.78, 5) is 32.4. The maximum Gasteiger partial charge on any atom is 0.282 e. The molecule has 2 aromatic rings. The van der Waals surface area contributed by atoms with Crippen molar-refractivity contribution in [3.8, 4) is 0 Å². The first-order chi connectivity index (χ1) is 15.7. The molecule has 0 spiro atoms. The second-order valence-corrected chi connectivity index (χ2v) is 8.32. The van der Waals surface area contributed by atoms with Crippen molar-refractivity contribution in [3.63, 3.8) is 0 Å². The summed E-state index contributed by atoms with van der Waals surface area (Å²) in [6.45, 7) is 6.36. The average Bonchev–Trinajstić information content (AvgIpc) is 2.81. The third-order valence-electron chi connectivity index (χ3n) is 5.94. The summed E-state index contributed by atoms with van der Waals surface area (Å²) in [7, 11) is 0. The molecule has 0 aliphatic carbocycles. The number of aliphatic hydroxyl groups is 4. The monoisotopic (exact) mass is 464 g/mol. The van der Waals surface area contributed by atoms with E-state index < -0.39 is 42.9 Å². The summed E-state index contributed by atoms with van der Waals surface area (Å²) >= 11 is 0. The van der Waals surface area contributed by atoms with E-state index in [1.165, 1.54) is 4.57 Å². The molecule has 33 heavy (non-hydrogen) atoms. The van der Waals surface area contributed by atoms with E-state index in [0.717, 1.165) is 24.2 Å². The SMILES string of the molecule is Cc1cc2nc(C(=O)NCCN3CCOCC3)c(=O)n(C[C@H](O)[C@H](O)[C@H](O)CO)c2cc1C. The highest BCUT2D eigenvalue weighted by Gasteiger charge is 2.27. The molecule has 182 valence electrons. The van der Waals surface area contributed by atoms with Gasteiger partial charge in [-0.3, -0.25) is 14.5 Å². The summed E-state index contributed by atoms with van der Waals surface area (Å²) < 4.78 is 6.47. The highest BCUT2D eigenvalue weighted by molar-refractivity contribution is 5.94. The second-order valence-electron chi connectivity index (χ2n) is 8.32. The third kappa shape index (κ3) is 5.94. The van der Waals surface area contributed by atoms with Gasteiger partial charge in [-0.1, -0.05) is 0 Å². The van der Waals surface area contributed by atoms with Crippen LogP contribution in [0.25, 0.3) is 11.0 Å². The predicted molar refractivity (Wildman–Crippen MR) is 120 cm³/mol. The van der Waals surface area contributed by atoms with Crippen molar-refractivity contribution in [3.05, 3.63) is 39.3 Å². The number of aryl methyl sites for hydroxylation is 2. The fourth-order valence-electron chi connectivity index (χ4n) is 3.72. The van der Waals surface area contributed by atoms with E-state index >= 15 is 0 Å². The van der Waals surface area contributed by atoms with Gasteiger partial charge in [-0.05, 0) is 37.1 Å². The first kappa shape index (κ1) is 25.2. The normalized spacial score (nSPS) is 17.6. The van der Waals surface area contributed by atoms with E-state index in [9.17, 15) is 24.9 Å². The fraction of sp³-hybridized carbons (Fsp3) is 0.591. The van der Waals surface area contributed by atoms with Crippen LogP contribution in [0.4, 0.5) is 0 Å². The summed E-state index contributed by atoms with van der Waals surface area (Å²) in [5.41, 5.74) is 1.52. The summed E-state index contributed by atoms with van der Waals surface area (Å²) in [6, 6.07) is 3.47. The van der Waals surface area contributed by atoms with E-state index in [-0.39, 0.29) is 5.69 Å². The maximum absolute atomic E-state index is 13.2. The predicted octanol–water partition coefficient (Wildman–Crippen LogP) is -1.85. The Morgan fingerprint density at radius 3 is 2.48 bits per heavy atom. The van der Waals surface area contributed by atoms with Gasteiger partial charge < -0.3 is 35.0 Å². The van der Waals surface area contributed by atoms with Crippen LogP contribution >= 0.6 is 0 Å². The van der Waals surface area contributed by atoms with Crippen molar-refractivity contribution < 1.29 is 30.0 Å². The molecule has 5 N–H and O–H groups in total. The number of hydrogen-bond acceptors (Lipinski definition) is 9. The van der Waals surface area contributed by atoms with E-state index in [2.05, 4.69) is 15.2 Å². The Hall–Kier alpha value is -2.41. The summed E-state index contributed by atoms with van der Waals surface area (Å²) in [5.74, 6) is -0.632. The van der Waals surface area contributed by atoms with Crippen LogP contribution in [-0.4, -0.2) is 105 Å². The van der Waals surface area contributed by atoms with Gasteiger partial charge >= 0.3 is 0 Å². The molecule has 11 nitrogen and oxygen atoms in total. The number of amides is 1. The third-order valence-corrected chi connectivity index (χ3v) is 5.94. The van der Waals surface area contributed by atoms with Crippen molar-refractivity contribution in [2.75, 3.05) is 46.0 Å². The number of carbonyl (C=O) groups excluding carboxylic acids is 1. The van der Waals surface area contributed by atoms with Gasteiger partial charge in [0, 0.05) is 26.2 Å². The number of nitrogens with zero attached hydrogens (tertiary/aromatic N) is 3. The summed E-state index contributed by atoms with van der Waals surface area (Å²) in [5, 5.41) is 41.8. The Labute approximate surface area is 191 Å². The molecule has 1 aliphatic rings. The second kappa shape index (κ2) is 11.1. The molecule has 0 saturated carbocycles. The van der Waals surface area contributed by atoms with Crippen LogP contribution in [0.5, 0.6) is 0 Å². The zero-order valence-electron chi connectivity index (χ0n) is 18.9. The Balaban J connectivity index is 1.89. The Morgan fingerprint density at radius 1 is 1.15 bits per heavy atom. The lowest BCUT2D eigenvalue weighted by molar-refractivity contribution is -0.0805. The van der Waals surface area contributed by atoms with Gasteiger partial charge in [-0.2, -0.15) is 0 Å². The smallest absolute Gasteiger partial charge is 0.282 e. The van der Waals surface area contributed by atoms with Crippen LogP contribution in [0.2, 0.25) is 0 Å². The Morgan fingerprint density at radius 2 is 1.82 bits per heavy atom. The molecule has 1 saturated heterocycles. The molecule has 2 heterocycles. The van der Waals surface area contributed by atoms with Crippen molar-refractivity contribution in [2.24, 2.45) is 0 Å². The van der Waals surface area contributed by atoms with Crippen LogP contribution in [0.1, 0.15) is 21.6 Å². The Kier molecular flexibility index (Phi) is 8.51. The van der Waals surface area contributed by atoms with Gasteiger partial charge in [0.25, 0.3) is 11.5 Å². The molecule has 0 radical (unpaired) electrons. The lowest BCUT2D eigenvalue weighted by Gasteiger charge is -2.26. The minimum Gasteiger partial charge on any atom is -0.394 e. The molecule has 1 amide bonds. The number of carbonyl (C=O) groups is 1. The van der Waals surface area contributed by atoms with Crippen molar-refractivity contribution in [1.29, 1.82) is 0 Å². The van der Waals surface area contributed by atoms with Gasteiger partial charge in [0.15, 0.2) is 5.69 Å². The van der Waals surface area contributed by atoms with Crippen LogP contribution < -0.4 is 10.9 Å². The largest absolute Gasteiger partial charge is 0.394 e. The highest BCUT2D eigenvalue weighted by atomic mass is 16.5. The zero-order valence-corrected chi connectivity index (χ0v) is 18.9. The fourth-order valence-corrected chi connectivity index (χ4v) is 3.72.